The molecule has 2 aromatic heterocycles. The molecule has 4 heterocycles. The van der Waals surface area contributed by atoms with Crippen LogP contribution in [0.1, 0.15) is 32.6 Å². The average molecular weight is 390 g/mol. The first-order valence-electron chi connectivity index (χ1n) is 10.2. The summed E-state index contributed by atoms with van der Waals surface area (Å²) in [5.74, 6) is 1.05. The van der Waals surface area contributed by atoms with Crippen LogP contribution in [0.4, 0.5) is 5.82 Å². The van der Waals surface area contributed by atoms with Crippen molar-refractivity contribution < 1.29 is 5.11 Å². The first-order chi connectivity index (χ1) is 14.0. The summed E-state index contributed by atoms with van der Waals surface area (Å²) in [6.07, 6.45) is 10.0. The monoisotopic (exact) mass is 390 g/mol. The van der Waals surface area contributed by atoms with Crippen LogP contribution in [0.5, 0.6) is 5.75 Å². The van der Waals surface area contributed by atoms with E-state index >= 15 is 0 Å². The molecule has 150 valence electrons. The van der Waals surface area contributed by atoms with Gasteiger partial charge in [0.25, 0.3) is 0 Å². The molecular formula is C22H26N6O. The van der Waals surface area contributed by atoms with Crippen molar-refractivity contribution in [1.82, 2.24) is 25.1 Å². The zero-order chi connectivity index (χ0) is 20.0. The Morgan fingerprint density at radius 2 is 2.14 bits per heavy atom. The first kappa shape index (κ1) is 18.1. The molecule has 1 unspecified atom stereocenters. The molecule has 2 N–H and O–H groups in total. The van der Waals surface area contributed by atoms with Crippen molar-refractivity contribution in [3.05, 3.63) is 49.1 Å². The summed E-state index contributed by atoms with van der Waals surface area (Å²) in [5.41, 5.74) is 2.43. The molecule has 1 aromatic carbocycles. The Morgan fingerprint density at radius 3 is 2.83 bits per heavy atom. The van der Waals surface area contributed by atoms with E-state index in [1.54, 1.807) is 18.6 Å². The maximum Gasteiger partial charge on any atom is 0.151 e. The van der Waals surface area contributed by atoms with Crippen LogP contribution < -0.4 is 10.2 Å². The summed E-state index contributed by atoms with van der Waals surface area (Å²) in [6, 6.07) is 10.5. The topological polar surface area (TPSA) is 79.1 Å². The van der Waals surface area contributed by atoms with Crippen molar-refractivity contribution in [3.63, 3.8) is 0 Å². The van der Waals surface area contributed by atoms with E-state index in [0.29, 0.717) is 23.3 Å². The molecular weight excluding hydrogens is 364 g/mol. The van der Waals surface area contributed by atoms with Crippen LogP contribution >= 0.6 is 0 Å². The van der Waals surface area contributed by atoms with E-state index in [0.717, 1.165) is 24.3 Å². The van der Waals surface area contributed by atoms with Gasteiger partial charge in [0.2, 0.25) is 0 Å². The summed E-state index contributed by atoms with van der Waals surface area (Å²) < 4.78 is 1.85. The first-order valence-corrected chi connectivity index (χ1v) is 10.2. The second-order valence-corrected chi connectivity index (χ2v) is 8.59. The molecule has 3 atom stereocenters. The van der Waals surface area contributed by atoms with Crippen LogP contribution in [0, 0.1) is 0 Å². The molecule has 2 bridgehead atoms. The summed E-state index contributed by atoms with van der Waals surface area (Å²) in [5, 5.41) is 23.1. The van der Waals surface area contributed by atoms with Gasteiger partial charge in [-0.2, -0.15) is 0 Å². The lowest BCUT2D eigenvalue weighted by molar-refractivity contribution is 0.266. The number of hydrogen-bond donors (Lipinski definition) is 2. The molecule has 0 radical (unpaired) electrons. The van der Waals surface area contributed by atoms with Gasteiger partial charge >= 0.3 is 0 Å². The minimum atomic E-state index is 0.175. The standard InChI is InChI=1S/C22H26N6O/c1-22-8-7-15(24-22)11-17(13-22)27(2)21-6-5-19(25-26-21)18-4-3-16(12-20(18)29)28-10-9-23-14-28/h3-6,9-10,12,14-15,17,24,29H,7-8,11,13H2,1-2H3/t15?,17-,22+/m0/s1. The van der Waals surface area contributed by atoms with Crippen molar-refractivity contribution in [2.24, 2.45) is 0 Å². The number of fused-ring (bicyclic) bond motifs is 2. The van der Waals surface area contributed by atoms with Gasteiger partial charge in [-0.25, -0.2) is 4.98 Å². The molecule has 7 heteroatoms. The van der Waals surface area contributed by atoms with Crippen LogP contribution in [-0.2, 0) is 0 Å². The van der Waals surface area contributed by atoms with E-state index in [1.807, 2.05) is 35.0 Å². The molecule has 29 heavy (non-hydrogen) atoms. The summed E-state index contributed by atoms with van der Waals surface area (Å²) in [4.78, 5) is 6.30. The Morgan fingerprint density at radius 1 is 1.24 bits per heavy atom. The second kappa shape index (κ2) is 6.84. The highest BCUT2D eigenvalue weighted by Crippen LogP contribution is 2.38. The Kier molecular flexibility index (Phi) is 4.28. The van der Waals surface area contributed by atoms with Gasteiger partial charge in [-0.3, -0.25) is 0 Å². The van der Waals surface area contributed by atoms with E-state index < -0.39 is 0 Å². The van der Waals surface area contributed by atoms with Gasteiger partial charge in [-0.15, -0.1) is 10.2 Å². The number of aromatic nitrogens is 4. The molecule has 0 amide bonds. The van der Waals surface area contributed by atoms with Crippen LogP contribution in [0.2, 0.25) is 0 Å². The number of rotatable bonds is 4. The second-order valence-electron chi connectivity index (χ2n) is 8.59. The normalized spacial score (nSPS) is 25.9. The molecule has 0 spiro atoms. The summed E-state index contributed by atoms with van der Waals surface area (Å²) >= 11 is 0. The van der Waals surface area contributed by atoms with Gasteiger partial charge in [0, 0.05) is 48.7 Å². The Labute approximate surface area is 170 Å². The average Bonchev–Trinajstić information content (AvgIpc) is 3.35. The minimum Gasteiger partial charge on any atom is -0.507 e. The number of piperidine rings is 1. The molecule has 2 saturated heterocycles. The zero-order valence-electron chi connectivity index (χ0n) is 16.8. The Bertz CT molecular complexity index is 1000. The molecule has 7 nitrogen and oxygen atoms in total. The lowest BCUT2D eigenvalue weighted by Gasteiger charge is -2.41. The number of benzene rings is 1. The van der Waals surface area contributed by atoms with E-state index in [2.05, 4.69) is 39.4 Å². The third-order valence-electron chi connectivity index (χ3n) is 6.46. The van der Waals surface area contributed by atoms with Crippen molar-refractivity contribution in [3.8, 4) is 22.7 Å². The van der Waals surface area contributed by atoms with Crippen LogP contribution in [0.15, 0.2) is 49.1 Å². The predicted octanol–water partition coefficient (Wildman–Crippen LogP) is 3.14. The Balaban J connectivity index is 1.35. The molecule has 0 saturated carbocycles. The number of nitrogens with one attached hydrogen (secondary N) is 1. The van der Waals surface area contributed by atoms with Crippen molar-refractivity contribution in [2.75, 3.05) is 11.9 Å². The number of anilines is 1. The molecule has 0 aliphatic carbocycles. The number of phenols is 1. The molecule has 5 rings (SSSR count). The molecule has 2 fully saturated rings. The van der Waals surface area contributed by atoms with Crippen molar-refractivity contribution in [2.45, 2.75) is 50.2 Å². The van der Waals surface area contributed by atoms with Crippen LogP contribution in [0.3, 0.4) is 0 Å². The third-order valence-corrected chi connectivity index (χ3v) is 6.46. The minimum absolute atomic E-state index is 0.175. The maximum absolute atomic E-state index is 10.5. The van der Waals surface area contributed by atoms with E-state index in [-0.39, 0.29) is 11.3 Å². The van der Waals surface area contributed by atoms with Gasteiger partial charge in [-0.1, -0.05) is 0 Å². The van der Waals surface area contributed by atoms with Gasteiger partial charge in [-0.05, 0) is 56.9 Å². The summed E-state index contributed by atoms with van der Waals surface area (Å²) in [7, 11) is 2.11. The fourth-order valence-corrected chi connectivity index (χ4v) is 4.85. The van der Waals surface area contributed by atoms with Gasteiger partial charge in [0.05, 0.1) is 17.7 Å². The van der Waals surface area contributed by atoms with E-state index in [4.69, 9.17) is 0 Å². The maximum atomic E-state index is 10.5. The number of aromatic hydroxyl groups is 1. The van der Waals surface area contributed by atoms with Crippen molar-refractivity contribution in [1.29, 1.82) is 0 Å². The van der Waals surface area contributed by atoms with Gasteiger partial charge in [0.1, 0.15) is 5.75 Å². The highest BCUT2D eigenvalue weighted by molar-refractivity contribution is 5.69. The quantitative estimate of drug-likeness (QED) is 0.713. The molecule has 3 aromatic rings. The smallest absolute Gasteiger partial charge is 0.151 e. The van der Waals surface area contributed by atoms with E-state index in [9.17, 15) is 5.11 Å². The highest BCUT2D eigenvalue weighted by Gasteiger charge is 2.43. The van der Waals surface area contributed by atoms with Gasteiger partial charge in [0.15, 0.2) is 5.82 Å². The number of imidazole rings is 1. The molecule has 2 aliphatic heterocycles. The van der Waals surface area contributed by atoms with Gasteiger partial charge < -0.3 is 19.9 Å². The lowest BCUT2D eigenvalue weighted by atomic mass is 9.88. The Hall–Kier alpha value is -2.93. The SMILES string of the molecule is CN(c1ccc(-c2ccc(-n3ccnc3)cc2O)nn1)[C@H]1CC2CC[C@](C)(C1)N2. The fraction of sp³-hybridized carbons (Fsp3) is 0.409. The summed E-state index contributed by atoms with van der Waals surface area (Å²) in [6.45, 7) is 2.33. The lowest BCUT2D eigenvalue weighted by Crippen LogP contribution is -2.53. The third kappa shape index (κ3) is 3.35. The zero-order valence-corrected chi connectivity index (χ0v) is 16.8. The predicted molar refractivity (Wildman–Crippen MR) is 112 cm³/mol. The largest absolute Gasteiger partial charge is 0.507 e. The van der Waals surface area contributed by atoms with Crippen LogP contribution in [0.25, 0.3) is 16.9 Å². The van der Waals surface area contributed by atoms with E-state index in [1.165, 1.54) is 12.8 Å². The fourth-order valence-electron chi connectivity index (χ4n) is 4.85. The van der Waals surface area contributed by atoms with Crippen LogP contribution in [-0.4, -0.2) is 49.5 Å². The van der Waals surface area contributed by atoms with Crippen molar-refractivity contribution >= 4 is 5.82 Å². The molecule has 2 aliphatic rings. The number of nitrogens with zero attached hydrogens (tertiary/aromatic N) is 5. The number of phenolic OH excluding ortho intramolecular Hbond substituents is 1. The highest BCUT2D eigenvalue weighted by atomic mass is 16.3. The number of hydrogen-bond acceptors (Lipinski definition) is 6.